The number of hydrogen-bond donors (Lipinski definition) is 1. The Kier molecular flexibility index (Phi) is 2.86. The molecule has 1 saturated carbocycles. The molecule has 110 valence electrons. The fourth-order valence-corrected chi connectivity index (χ4v) is 2.44. The van der Waals surface area contributed by atoms with E-state index >= 15 is 0 Å². The van der Waals surface area contributed by atoms with Crippen LogP contribution < -0.4 is 19.7 Å². The Hall–Kier alpha value is -2.57. The second kappa shape index (κ2) is 4.47. The molecule has 0 bridgehead atoms. The Morgan fingerprint density at radius 3 is 2.33 bits per heavy atom. The number of methoxy groups -OCH3 is 2. The van der Waals surface area contributed by atoms with E-state index in [4.69, 9.17) is 9.47 Å². The van der Waals surface area contributed by atoms with E-state index in [0.29, 0.717) is 30.0 Å². The lowest BCUT2D eigenvalue weighted by Crippen LogP contribution is -2.59. The lowest BCUT2D eigenvalue weighted by molar-refractivity contribution is -0.136. The van der Waals surface area contributed by atoms with Gasteiger partial charge in [0, 0.05) is 6.07 Å². The van der Waals surface area contributed by atoms with Crippen LogP contribution in [0.25, 0.3) is 0 Å². The lowest BCUT2D eigenvalue weighted by atomic mass is 10.0. The topological polar surface area (TPSA) is 84.9 Å². The van der Waals surface area contributed by atoms with Crippen LogP contribution in [0.5, 0.6) is 11.5 Å². The predicted octanol–water partition coefficient (Wildman–Crippen LogP) is 1.07. The molecule has 3 rings (SSSR count). The number of carbonyl (C=O) groups is 3. The van der Waals surface area contributed by atoms with E-state index in [1.807, 2.05) is 0 Å². The fraction of sp³-hybridized carbons (Fsp3) is 0.357. The van der Waals surface area contributed by atoms with Gasteiger partial charge in [0.25, 0.3) is 5.91 Å². The maximum Gasteiger partial charge on any atom is 0.335 e. The maximum absolute atomic E-state index is 12.5. The number of nitrogens with one attached hydrogen (secondary N) is 1. The standard InChI is InChI=1S/C14H14N2O5/c1-20-9-4-3-8(7-10(9)21-2)16-12(18)14(5-6-14)11(17)15-13(16)19/h3-4,7H,5-6H2,1-2H3,(H,15,17,19). The Morgan fingerprint density at radius 1 is 1.10 bits per heavy atom. The monoisotopic (exact) mass is 290 g/mol. The molecule has 2 fully saturated rings. The highest BCUT2D eigenvalue weighted by atomic mass is 16.5. The molecule has 21 heavy (non-hydrogen) atoms. The van der Waals surface area contributed by atoms with Crippen LogP contribution in [0.3, 0.4) is 0 Å². The number of urea groups is 1. The molecule has 4 amide bonds. The van der Waals surface area contributed by atoms with E-state index in [9.17, 15) is 14.4 Å². The summed E-state index contributed by atoms with van der Waals surface area (Å²) in [6.45, 7) is 0. The molecule has 1 aromatic carbocycles. The van der Waals surface area contributed by atoms with Gasteiger partial charge in [-0.2, -0.15) is 0 Å². The quantitative estimate of drug-likeness (QED) is 0.842. The number of ether oxygens (including phenoxy) is 2. The number of barbiturate groups is 1. The van der Waals surface area contributed by atoms with E-state index in [2.05, 4.69) is 5.32 Å². The molecule has 1 aliphatic heterocycles. The highest BCUT2D eigenvalue weighted by Gasteiger charge is 2.62. The number of nitrogens with zero attached hydrogens (tertiary/aromatic N) is 1. The van der Waals surface area contributed by atoms with Crippen LogP contribution in [-0.2, 0) is 9.59 Å². The van der Waals surface area contributed by atoms with Crippen LogP contribution in [0.15, 0.2) is 18.2 Å². The molecule has 0 radical (unpaired) electrons. The zero-order valence-electron chi connectivity index (χ0n) is 11.6. The number of anilines is 1. The summed E-state index contributed by atoms with van der Waals surface area (Å²) in [6.07, 6.45) is 0.934. The van der Waals surface area contributed by atoms with Crippen LogP contribution in [0.2, 0.25) is 0 Å². The summed E-state index contributed by atoms with van der Waals surface area (Å²) in [5.74, 6) is -0.0987. The van der Waals surface area contributed by atoms with Crippen molar-refractivity contribution in [2.45, 2.75) is 12.8 Å². The van der Waals surface area contributed by atoms with Gasteiger partial charge in [-0.3, -0.25) is 14.9 Å². The van der Waals surface area contributed by atoms with Crippen molar-refractivity contribution in [3.05, 3.63) is 18.2 Å². The molecular formula is C14H14N2O5. The Balaban J connectivity index is 2.01. The van der Waals surface area contributed by atoms with Gasteiger partial charge in [-0.15, -0.1) is 0 Å². The number of hydrogen-bond acceptors (Lipinski definition) is 5. The van der Waals surface area contributed by atoms with Crippen molar-refractivity contribution in [3.8, 4) is 11.5 Å². The molecule has 1 aromatic rings. The van der Waals surface area contributed by atoms with Gasteiger partial charge in [-0.1, -0.05) is 0 Å². The third-order valence-electron chi connectivity index (χ3n) is 3.85. The summed E-state index contributed by atoms with van der Waals surface area (Å²) in [7, 11) is 2.96. The first kappa shape index (κ1) is 13.4. The predicted molar refractivity (Wildman–Crippen MR) is 72.2 cm³/mol. The van der Waals surface area contributed by atoms with Crippen molar-refractivity contribution in [1.82, 2.24) is 5.32 Å². The summed E-state index contributed by atoms with van der Waals surface area (Å²) in [4.78, 5) is 37.2. The van der Waals surface area contributed by atoms with Gasteiger partial charge in [0.05, 0.1) is 19.9 Å². The minimum absolute atomic E-state index is 0.342. The van der Waals surface area contributed by atoms with Crippen molar-refractivity contribution in [2.24, 2.45) is 5.41 Å². The van der Waals surface area contributed by atoms with Crippen LogP contribution in [-0.4, -0.2) is 32.1 Å². The summed E-state index contributed by atoms with van der Waals surface area (Å²) in [6, 6.07) is 3.96. The first-order valence-electron chi connectivity index (χ1n) is 6.45. The fourth-order valence-electron chi connectivity index (χ4n) is 2.44. The summed E-state index contributed by atoms with van der Waals surface area (Å²) in [5, 5.41) is 2.23. The van der Waals surface area contributed by atoms with Crippen molar-refractivity contribution < 1.29 is 23.9 Å². The first-order chi connectivity index (χ1) is 10.0. The van der Waals surface area contributed by atoms with Crippen LogP contribution in [0.4, 0.5) is 10.5 Å². The van der Waals surface area contributed by atoms with Crippen molar-refractivity contribution in [2.75, 3.05) is 19.1 Å². The zero-order chi connectivity index (χ0) is 15.2. The average molecular weight is 290 g/mol. The lowest BCUT2D eigenvalue weighted by Gasteiger charge is -2.30. The molecule has 7 nitrogen and oxygen atoms in total. The molecule has 1 heterocycles. The van der Waals surface area contributed by atoms with Gasteiger partial charge in [0.2, 0.25) is 5.91 Å². The second-order valence-corrected chi connectivity index (χ2v) is 5.02. The van der Waals surface area contributed by atoms with Crippen molar-refractivity contribution >= 4 is 23.5 Å². The number of imide groups is 2. The molecule has 7 heteroatoms. The number of rotatable bonds is 3. The van der Waals surface area contributed by atoms with Gasteiger partial charge in [0.1, 0.15) is 5.41 Å². The van der Waals surface area contributed by atoms with Crippen molar-refractivity contribution in [3.63, 3.8) is 0 Å². The molecule has 1 N–H and O–H groups in total. The Morgan fingerprint density at radius 2 is 1.76 bits per heavy atom. The molecule has 0 aromatic heterocycles. The minimum atomic E-state index is -1.07. The normalized spacial score (nSPS) is 19.5. The molecule has 0 atom stereocenters. The van der Waals surface area contributed by atoms with Gasteiger partial charge >= 0.3 is 6.03 Å². The number of benzene rings is 1. The van der Waals surface area contributed by atoms with Crippen LogP contribution >= 0.6 is 0 Å². The molecular weight excluding hydrogens is 276 g/mol. The molecule has 0 unspecified atom stereocenters. The van der Waals surface area contributed by atoms with Gasteiger partial charge in [0.15, 0.2) is 11.5 Å². The maximum atomic E-state index is 12.5. The largest absolute Gasteiger partial charge is 0.493 e. The first-order valence-corrected chi connectivity index (χ1v) is 6.45. The summed E-state index contributed by atoms with van der Waals surface area (Å²) in [5.41, 5.74) is -0.727. The van der Waals surface area contributed by atoms with Gasteiger partial charge < -0.3 is 9.47 Å². The second-order valence-electron chi connectivity index (χ2n) is 5.02. The molecule has 2 aliphatic rings. The van der Waals surface area contributed by atoms with E-state index in [1.165, 1.54) is 20.3 Å². The zero-order valence-corrected chi connectivity index (χ0v) is 11.6. The molecule has 1 saturated heterocycles. The molecule has 1 aliphatic carbocycles. The van der Waals surface area contributed by atoms with E-state index < -0.39 is 23.3 Å². The SMILES string of the molecule is COc1ccc(N2C(=O)NC(=O)C3(CC3)C2=O)cc1OC. The van der Waals surface area contributed by atoms with Crippen LogP contribution in [0, 0.1) is 5.41 Å². The number of amides is 4. The smallest absolute Gasteiger partial charge is 0.335 e. The Bertz CT molecular complexity index is 651. The highest BCUT2D eigenvalue weighted by molar-refractivity contribution is 6.31. The third-order valence-corrected chi connectivity index (χ3v) is 3.85. The van der Waals surface area contributed by atoms with E-state index in [0.717, 1.165) is 4.90 Å². The van der Waals surface area contributed by atoms with Crippen molar-refractivity contribution in [1.29, 1.82) is 0 Å². The average Bonchev–Trinajstić information content (AvgIpc) is 3.27. The molecule has 1 spiro atoms. The Labute approximate surface area is 120 Å². The van der Waals surface area contributed by atoms with Crippen LogP contribution in [0.1, 0.15) is 12.8 Å². The summed E-state index contributed by atoms with van der Waals surface area (Å²) < 4.78 is 10.3. The van der Waals surface area contributed by atoms with Gasteiger partial charge in [-0.05, 0) is 25.0 Å². The van der Waals surface area contributed by atoms with Gasteiger partial charge in [-0.25, -0.2) is 9.69 Å². The minimum Gasteiger partial charge on any atom is -0.493 e. The number of carbonyl (C=O) groups excluding carboxylic acids is 3. The summed E-state index contributed by atoms with van der Waals surface area (Å²) >= 11 is 0. The van der Waals surface area contributed by atoms with E-state index in [-0.39, 0.29) is 0 Å². The third kappa shape index (κ3) is 1.84. The highest BCUT2D eigenvalue weighted by Crippen LogP contribution is 2.50. The van der Waals surface area contributed by atoms with E-state index in [1.54, 1.807) is 12.1 Å².